The zero-order chi connectivity index (χ0) is 22.6. The first-order valence-corrected chi connectivity index (χ1v) is 13.3. The minimum absolute atomic E-state index is 0.0193. The molecule has 32 heavy (non-hydrogen) atoms. The van der Waals surface area contributed by atoms with Crippen molar-refractivity contribution in [3.05, 3.63) is 29.8 Å². The average molecular weight is 465 g/mol. The van der Waals surface area contributed by atoms with E-state index in [-0.39, 0.29) is 5.91 Å². The monoisotopic (exact) mass is 464 g/mol. The summed E-state index contributed by atoms with van der Waals surface area (Å²) in [5, 5.41) is 3.23. The van der Waals surface area contributed by atoms with Crippen LogP contribution >= 0.6 is 8.73 Å². The highest BCUT2D eigenvalue weighted by molar-refractivity contribution is 7.37. The molecule has 0 bridgehead atoms. The SMILES string of the molecule is CCOC[C@H]1CCCN(C[C@H]2CCCC[C@@H]2PNC(=O)c2ccc(OCCOC)cc2)C1. The number of hydrogen-bond acceptors (Lipinski definition) is 5. The fourth-order valence-electron chi connectivity index (χ4n) is 4.86. The standard InChI is InChI=1S/C25H41N2O4P/c1-3-30-19-20-7-6-14-27(17-20)18-22-8-4-5-9-24(22)32-26-25(28)21-10-12-23(13-11-21)31-16-15-29-2/h10-13,20,22,24,32H,3-9,14-19H2,1-2H3,(H,26,28)/t20-,22+,24-/m0/s1. The topological polar surface area (TPSA) is 60.0 Å². The zero-order valence-electron chi connectivity index (χ0n) is 19.8. The molecule has 3 rings (SSSR count). The maximum Gasteiger partial charge on any atom is 0.254 e. The Labute approximate surface area is 195 Å². The number of carbonyl (C=O) groups is 1. The number of rotatable bonds is 12. The van der Waals surface area contributed by atoms with E-state index >= 15 is 0 Å². The Balaban J connectivity index is 1.46. The van der Waals surface area contributed by atoms with Gasteiger partial charge in [-0.1, -0.05) is 12.8 Å². The molecule has 1 aliphatic carbocycles. The number of nitrogens with zero attached hydrogens (tertiary/aromatic N) is 1. The van der Waals surface area contributed by atoms with E-state index < -0.39 is 0 Å². The van der Waals surface area contributed by atoms with Crippen LogP contribution in [0.1, 0.15) is 55.8 Å². The third kappa shape index (κ3) is 8.30. The van der Waals surface area contributed by atoms with Gasteiger partial charge in [0.2, 0.25) is 0 Å². The van der Waals surface area contributed by atoms with Crippen LogP contribution in [0.5, 0.6) is 5.75 Å². The third-order valence-corrected chi connectivity index (χ3v) is 8.11. The van der Waals surface area contributed by atoms with Gasteiger partial charge in [-0.15, -0.1) is 0 Å². The van der Waals surface area contributed by atoms with Crippen molar-refractivity contribution in [2.24, 2.45) is 11.8 Å². The van der Waals surface area contributed by atoms with Gasteiger partial charge < -0.3 is 24.2 Å². The summed E-state index contributed by atoms with van der Waals surface area (Å²) in [4.78, 5) is 15.4. The summed E-state index contributed by atoms with van der Waals surface area (Å²) in [5.41, 5.74) is 1.29. The van der Waals surface area contributed by atoms with E-state index in [1.807, 2.05) is 24.3 Å². The smallest absolute Gasteiger partial charge is 0.254 e. The average Bonchev–Trinajstić information content (AvgIpc) is 2.83. The van der Waals surface area contributed by atoms with Crippen LogP contribution in [0.15, 0.2) is 24.3 Å². The molecule has 1 amide bonds. The highest BCUT2D eigenvalue weighted by atomic mass is 31.1. The maximum absolute atomic E-state index is 12.7. The van der Waals surface area contributed by atoms with E-state index in [0.717, 1.165) is 25.5 Å². The number of ether oxygens (including phenoxy) is 3. The van der Waals surface area contributed by atoms with E-state index in [1.54, 1.807) is 7.11 Å². The molecule has 1 unspecified atom stereocenters. The summed E-state index contributed by atoms with van der Waals surface area (Å²) in [6.07, 6.45) is 7.68. The summed E-state index contributed by atoms with van der Waals surface area (Å²) in [6.45, 7) is 8.39. The molecular weight excluding hydrogens is 423 g/mol. The van der Waals surface area contributed by atoms with E-state index in [1.165, 1.54) is 51.6 Å². The number of carbonyl (C=O) groups excluding carboxylic acids is 1. The van der Waals surface area contributed by atoms with E-state index in [9.17, 15) is 4.79 Å². The number of amides is 1. The van der Waals surface area contributed by atoms with E-state index in [4.69, 9.17) is 14.2 Å². The summed E-state index contributed by atoms with van der Waals surface area (Å²) in [7, 11) is 2.13. The normalized spacial score (nSPS) is 24.6. The lowest BCUT2D eigenvalue weighted by Gasteiger charge is -2.39. The first-order valence-electron chi connectivity index (χ1n) is 12.3. The molecule has 7 heteroatoms. The molecule has 0 aromatic heterocycles. The molecule has 2 fully saturated rings. The Morgan fingerprint density at radius 2 is 1.94 bits per heavy atom. The lowest BCUT2D eigenvalue weighted by Crippen LogP contribution is -2.42. The predicted molar refractivity (Wildman–Crippen MR) is 131 cm³/mol. The lowest BCUT2D eigenvalue weighted by molar-refractivity contribution is 0.0595. The molecule has 180 valence electrons. The summed E-state index contributed by atoms with van der Waals surface area (Å²) >= 11 is 0. The first kappa shape index (κ1) is 25.4. The number of nitrogens with one attached hydrogen (secondary N) is 1. The third-order valence-electron chi connectivity index (χ3n) is 6.61. The second kappa shape index (κ2) is 14.1. The highest BCUT2D eigenvalue weighted by Crippen LogP contribution is 2.36. The predicted octanol–water partition coefficient (Wildman–Crippen LogP) is 4.34. The van der Waals surface area contributed by atoms with Gasteiger partial charge in [-0.3, -0.25) is 4.79 Å². The van der Waals surface area contributed by atoms with Crippen LogP contribution in [0.2, 0.25) is 0 Å². The van der Waals surface area contributed by atoms with Crippen LogP contribution in [0.4, 0.5) is 0 Å². The van der Waals surface area contributed by atoms with Crippen molar-refractivity contribution in [2.75, 3.05) is 53.2 Å². The molecule has 6 nitrogen and oxygen atoms in total. The summed E-state index contributed by atoms with van der Waals surface area (Å²) in [5.74, 6) is 2.14. The molecule has 0 spiro atoms. The van der Waals surface area contributed by atoms with Crippen LogP contribution in [0.25, 0.3) is 0 Å². The van der Waals surface area contributed by atoms with Crippen molar-refractivity contribution in [3.63, 3.8) is 0 Å². The van der Waals surface area contributed by atoms with Gasteiger partial charge in [0, 0.05) is 32.4 Å². The number of piperidine rings is 1. The van der Waals surface area contributed by atoms with Crippen LogP contribution in [-0.4, -0.2) is 69.6 Å². The number of benzene rings is 1. The van der Waals surface area contributed by atoms with E-state index in [2.05, 4.69) is 16.9 Å². The first-order chi connectivity index (χ1) is 15.7. The largest absolute Gasteiger partial charge is 0.491 e. The maximum atomic E-state index is 12.7. The van der Waals surface area contributed by atoms with Crippen LogP contribution in [-0.2, 0) is 9.47 Å². The number of hydrogen-bond donors (Lipinski definition) is 1. The Morgan fingerprint density at radius 3 is 2.72 bits per heavy atom. The molecule has 4 atom stereocenters. The number of likely N-dealkylation sites (tertiary alicyclic amines) is 1. The van der Waals surface area contributed by atoms with Crippen molar-refractivity contribution in [1.82, 2.24) is 9.99 Å². The van der Waals surface area contributed by atoms with E-state index in [0.29, 0.717) is 45.0 Å². The fraction of sp³-hybridized carbons (Fsp3) is 0.720. The second-order valence-electron chi connectivity index (χ2n) is 9.04. The minimum Gasteiger partial charge on any atom is -0.491 e. The van der Waals surface area contributed by atoms with Gasteiger partial charge in [-0.05, 0) is 89.6 Å². The molecule has 1 aromatic rings. The van der Waals surface area contributed by atoms with Crippen molar-refractivity contribution in [2.45, 2.75) is 51.1 Å². The van der Waals surface area contributed by atoms with Gasteiger partial charge in [0.25, 0.3) is 5.91 Å². The van der Waals surface area contributed by atoms with Crippen LogP contribution in [0, 0.1) is 11.8 Å². The summed E-state index contributed by atoms with van der Waals surface area (Å²) in [6, 6.07) is 7.39. The number of methoxy groups -OCH3 is 1. The quantitative estimate of drug-likeness (QED) is 0.368. The van der Waals surface area contributed by atoms with Crippen molar-refractivity contribution in [1.29, 1.82) is 0 Å². The van der Waals surface area contributed by atoms with Gasteiger partial charge >= 0.3 is 0 Å². The molecule has 2 aliphatic rings. The molecule has 1 aliphatic heterocycles. The Kier molecular flexibility index (Phi) is 11.2. The van der Waals surface area contributed by atoms with Gasteiger partial charge in [-0.2, -0.15) is 0 Å². The fourth-order valence-corrected chi connectivity index (χ4v) is 6.18. The zero-order valence-corrected chi connectivity index (χ0v) is 20.8. The van der Waals surface area contributed by atoms with Gasteiger partial charge in [0.1, 0.15) is 12.4 Å². The molecule has 1 aromatic carbocycles. The molecule has 1 heterocycles. The van der Waals surface area contributed by atoms with Gasteiger partial charge in [-0.25, -0.2) is 0 Å². The summed E-state index contributed by atoms with van der Waals surface area (Å²) < 4.78 is 16.3. The van der Waals surface area contributed by atoms with Crippen molar-refractivity contribution in [3.8, 4) is 5.75 Å². The molecule has 1 N–H and O–H groups in total. The lowest BCUT2D eigenvalue weighted by atomic mass is 9.87. The second-order valence-corrected chi connectivity index (χ2v) is 10.3. The van der Waals surface area contributed by atoms with Crippen LogP contribution < -0.4 is 9.82 Å². The Morgan fingerprint density at radius 1 is 1.12 bits per heavy atom. The van der Waals surface area contributed by atoms with Crippen LogP contribution in [0.3, 0.4) is 0 Å². The molecule has 1 saturated heterocycles. The molecular formula is C25H41N2O4P. The van der Waals surface area contributed by atoms with Crippen molar-refractivity contribution >= 4 is 14.6 Å². The minimum atomic E-state index is 0.0193. The van der Waals surface area contributed by atoms with Crippen molar-refractivity contribution < 1.29 is 19.0 Å². The van der Waals surface area contributed by atoms with Gasteiger partial charge in [0.05, 0.1) is 13.2 Å². The highest BCUT2D eigenvalue weighted by Gasteiger charge is 2.29. The Hall–Kier alpha value is -1.20. The molecule has 1 saturated carbocycles. The van der Waals surface area contributed by atoms with Gasteiger partial charge in [0.15, 0.2) is 0 Å². The molecule has 0 radical (unpaired) electrons. The Bertz CT molecular complexity index is 672.